The first-order valence-electron chi connectivity index (χ1n) is 3.15. The van der Waals surface area contributed by atoms with E-state index in [1.54, 1.807) is 6.07 Å². The van der Waals surface area contributed by atoms with Gasteiger partial charge in [0.1, 0.15) is 0 Å². The van der Waals surface area contributed by atoms with Crippen LogP contribution in [0.2, 0.25) is 0 Å². The van der Waals surface area contributed by atoms with Crippen molar-refractivity contribution in [2.45, 2.75) is 4.90 Å². The third kappa shape index (κ3) is 3.05. The van der Waals surface area contributed by atoms with Gasteiger partial charge in [-0.05, 0) is 57.3 Å². The van der Waals surface area contributed by atoms with E-state index in [1.165, 1.54) is 6.07 Å². The fraction of sp³-hybridized carbons (Fsp3) is 0. The van der Waals surface area contributed by atoms with Crippen molar-refractivity contribution in [1.29, 1.82) is 0 Å². The average molecular weight is 551 g/mol. The summed E-state index contributed by atoms with van der Waals surface area (Å²) in [5.74, 6) is 0. The van der Waals surface area contributed by atoms with Crippen LogP contribution in [-0.2, 0) is 13.1 Å². The van der Waals surface area contributed by atoms with E-state index in [-0.39, 0.29) is 4.90 Å². The van der Waals surface area contributed by atoms with Gasteiger partial charge in [-0.2, -0.15) is 0 Å². The van der Waals surface area contributed by atoms with E-state index in [0.717, 1.165) is 3.57 Å². The topological polar surface area (TPSA) is 77.2 Å². The van der Waals surface area contributed by atoms with Gasteiger partial charge >= 0.3 is 0 Å². The Morgan fingerprint density at radius 3 is 2.29 bits per heavy atom. The molecule has 0 saturated carbocycles. The molecular formula is C6H4I3NO3S. The molecule has 0 heterocycles. The van der Waals surface area contributed by atoms with Gasteiger partial charge in [-0.25, -0.2) is 13.6 Å². The van der Waals surface area contributed by atoms with Crippen molar-refractivity contribution in [2.24, 2.45) is 5.14 Å². The van der Waals surface area contributed by atoms with E-state index in [1.807, 2.05) is 45.2 Å². The summed E-state index contributed by atoms with van der Waals surface area (Å²) >= 11 is 2.41. The first-order chi connectivity index (χ1) is 6.36. The predicted molar refractivity (Wildman–Crippen MR) is 76.7 cm³/mol. The van der Waals surface area contributed by atoms with Gasteiger partial charge in [0.05, 0.1) is 8.47 Å². The van der Waals surface area contributed by atoms with E-state index in [9.17, 15) is 11.5 Å². The van der Waals surface area contributed by atoms with E-state index >= 15 is 0 Å². The lowest BCUT2D eigenvalue weighted by Gasteiger charge is -2.04. The maximum atomic E-state index is 11.2. The summed E-state index contributed by atoms with van der Waals surface area (Å²) in [7, 11) is -3.77. The zero-order chi connectivity index (χ0) is 10.9. The van der Waals surface area contributed by atoms with Crippen molar-refractivity contribution in [2.75, 3.05) is 0 Å². The maximum Gasteiger partial charge on any atom is 0.239 e. The molecule has 0 amide bonds. The molecule has 4 nitrogen and oxygen atoms in total. The molecular weight excluding hydrogens is 547 g/mol. The number of hydrogen-bond acceptors (Lipinski definition) is 3. The highest BCUT2D eigenvalue weighted by Crippen LogP contribution is 2.27. The second-order valence-electron chi connectivity index (χ2n) is 2.32. The van der Waals surface area contributed by atoms with Crippen LogP contribution in [0, 0.1) is 10.7 Å². The van der Waals surface area contributed by atoms with E-state index in [4.69, 9.17) is 5.14 Å². The van der Waals surface area contributed by atoms with Crippen LogP contribution in [-0.4, -0.2) is 8.42 Å². The first kappa shape index (κ1) is 13.2. The zero-order valence-electron chi connectivity index (χ0n) is 6.50. The Morgan fingerprint density at radius 2 is 1.86 bits per heavy atom. The van der Waals surface area contributed by atoms with Crippen LogP contribution < -0.4 is 5.14 Å². The number of hydrogen-bond donors (Lipinski definition) is 1. The molecule has 0 fully saturated rings. The third-order valence-electron chi connectivity index (χ3n) is 1.34. The van der Waals surface area contributed by atoms with Crippen molar-refractivity contribution in [1.82, 2.24) is 0 Å². The van der Waals surface area contributed by atoms with Crippen molar-refractivity contribution in [3.63, 3.8) is 0 Å². The van der Waals surface area contributed by atoms with Gasteiger partial charge in [0, 0.05) is 7.14 Å². The van der Waals surface area contributed by atoms with Crippen molar-refractivity contribution < 1.29 is 11.5 Å². The smallest absolute Gasteiger partial charge is 0.239 e. The summed E-state index contributed by atoms with van der Waals surface area (Å²) in [6.07, 6.45) is 0. The fourth-order valence-electron chi connectivity index (χ4n) is 0.814. The molecule has 0 saturated heterocycles. The summed E-state index contributed by atoms with van der Waals surface area (Å²) < 4.78 is 35.0. The molecule has 0 spiro atoms. The molecule has 0 aliphatic heterocycles. The highest BCUT2D eigenvalue weighted by atomic mass is 127. The highest BCUT2D eigenvalue weighted by molar-refractivity contribution is 14.2. The van der Waals surface area contributed by atoms with Crippen molar-refractivity contribution in [3.8, 4) is 0 Å². The molecule has 0 aromatic heterocycles. The number of rotatable bonds is 2. The Labute approximate surface area is 119 Å². The maximum absolute atomic E-state index is 11.2. The molecule has 0 unspecified atom stereocenters. The number of halogens is 3. The summed E-state index contributed by atoms with van der Waals surface area (Å²) in [6, 6.07) is 3.20. The Morgan fingerprint density at radius 1 is 1.29 bits per heavy atom. The van der Waals surface area contributed by atoms with Gasteiger partial charge in [0.15, 0.2) is 21.2 Å². The number of benzene rings is 1. The minimum Gasteiger partial charge on any atom is -0.265 e. The fourth-order valence-corrected chi connectivity index (χ4v) is 6.13. The summed E-state index contributed by atoms with van der Waals surface area (Å²) in [5.41, 5.74) is 0. The van der Waals surface area contributed by atoms with Crippen LogP contribution in [0.15, 0.2) is 17.0 Å². The molecule has 0 radical (unpaired) electrons. The molecule has 78 valence electrons. The molecule has 0 atom stereocenters. The van der Waals surface area contributed by atoms with Crippen LogP contribution in [0.25, 0.3) is 0 Å². The Balaban J connectivity index is 3.65. The summed E-state index contributed by atoms with van der Waals surface area (Å²) in [5, 5.41) is 5.02. The largest absolute Gasteiger partial charge is 0.265 e. The average Bonchev–Trinajstić information content (AvgIpc) is 2.01. The van der Waals surface area contributed by atoms with E-state index < -0.39 is 31.2 Å². The monoisotopic (exact) mass is 551 g/mol. The van der Waals surface area contributed by atoms with Gasteiger partial charge in [-0.15, -0.1) is 0 Å². The number of sulfonamides is 1. The lowest BCUT2D eigenvalue weighted by Crippen LogP contribution is -2.14. The van der Waals surface area contributed by atoms with Gasteiger partial charge in [-0.3, -0.25) is 3.07 Å². The van der Waals surface area contributed by atoms with Crippen LogP contribution in [0.4, 0.5) is 0 Å². The second-order valence-corrected chi connectivity index (χ2v) is 7.78. The van der Waals surface area contributed by atoms with Crippen LogP contribution in [0.3, 0.4) is 0 Å². The van der Waals surface area contributed by atoms with Crippen LogP contribution >= 0.6 is 66.4 Å². The molecule has 2 N–H and O–H groups in total. The van der Waals surface area contributed by atoms with Crippen LogP contribution in [0.1, 0.15) is 0 Å². The lowest BCUT2D eigenvalue weighted by molar-refractivity contribution is 0.597. The standard InChI is InChI=1S/C6H4I3NO3S/c7-3-1-4(8)6(9-11)5(2-3)14(10,12)13/h1-2H,(H2,10,12,13). The molecule has 1 aromatic carbocycles. The normalized spacial score (nSPS) is 11.6. The van der Waals surface area contributed by atoms with Gasteiger partial charge in [0.25, 0.3) is 0 Å². The lowest BCUT2D eigenvalue weighted by atomic mass is 10.4. The Hall–Kier alpha value is 1.12. The molecule has 8 heteroatoms. The summed E-state index contributed by atoms with van der Waals surface area (Å²) in [6.45, 7) is 0. The molecule has 0 aliphatic carbocycles. The first-order valence-corrected chi connectivity index (χ1v) is 8.81. The SMILES string of the molecule is NS(=O)(=O)c1cc(I)cc(I)c1I=O. The van der Waals surface area contributed by atoms with Crippen LogP contribution in [0.5, 0.6) is 0 Å². The zero-order valence-corrected chi connectivity index (χ0v) is 13.8. The molecule has 14 heavy (non-hydrogen) atoms. The minimum atomic E-state index is -3.77. The van der Waals surface area contributed by atoms with Gasteiger partial charge in [-0.1, -0.05) is 0 Å². The van der Waals surface area contributed by atoms with Gasteiger partial charge < -0.3 is 0 Å². The van der Waals surface area contributed by atoms with Crippen molar-refractivity contribution >= 4 is 76.4 Å². The quantitative estimate of drug-likeness (QED) is 0.452. The second kappa shape index (κ2) is 4.97. The highest BCUT2D eigenvalue weighted by Gasteiger charge is 2.17. The predicted octanol–water partition coefficient (Wildman–Crippen LogP) is 2.03. The van der Waals surface area contributed by atoms with E-state index in [2.05, 4.69) is 0 Å². The molecule has 1 aromatic rings. The minimum absolute atomic E-state index is 0.0170. The third-order valence-corrected chi connectivity index (χ3v) is 6.75. The Kier molecular flexibility index (Phi) is 4.68. The Bertz CT molecular complexity index is 485. The molecule has 0 bridgehead atoms. The van der Waals surface area contributed by atoms with E-state index in [0.29, 0.717) is 7.14 Å². The van der Waals surface area contributed by atoms with Crippen molar-refractivity contribution in [3.05, 3.63) is 22.8 Å². The van der Waals surface area contributed by atoms with Gasteiger partial charge in [0.2, 0.25) is 10.0 Å². The summed E-state index contributed by atoms with van der Waals surface area (Å²) in [4.78, 5) is -0.0170. The molecule has 1 rings (SSSR count). The molecule has 0 aliphatic rings. The number of primary sulfonamides is 1. The number of nitrogens with two attached hydrogens (primary N) is 1.